The number of nitrogens with two attached hydrogens (primary N) is 1. The second kappa shape index (κ2) is 7.23. The predicted molar refractivity (Wildman–Crippen MR) is 77.5 cm³/mol. The van der Waals surface area contributed by atoms with Crippen LogP contribution in [0.4, 0.5) is 0 Å². The number of amides is 1. The number of thiophene rings is 1. The van der Waals surface area contributed by atoms with Crippen molar-refractivity contribution in [2.24, 2.45) is 5.73 Å². The highest BCUT2D eigenvalue weighted by atomic mass is 32.1. The SMILES string of the molecule is COCCN(Cc1cccs1)C(=O)c1ccc(CN)o1. The Morgan fingerprint density at radius 3 is 2.90 bits per heavy atom. The lowest BCUT2D eigenvalue weighted by atomic mass is 10.3. The van der Waals surface area contributed by atoms with E-state index in [9.17, 15) is 4.79 Å². The van der Waals surface area contributed by atoms with Crippen LogP contribution >= 0.6 is 11.3 Å². The van der Waals surface area contributed by atoms with Crippen LogP contribution in [0.15, 0.2) is 34.1 Å². The number of ether oxygens (including phenoxy) is 1. The summed E-state index contributed by atoms with van der Waals surface area (Å²) in [5.41, 5.74) is 5.49. The maximum absolute atomic E-state index is 12.4. The van der Waals surface area contributed by atoms with Crippen molar-refractivity contribution in [3.05, 3.63) is 46.0 Å². The van der Waals surface area contributed by atoms with Crippen molar-refractivity contribution in [3.8, 4) is 0 Å². The number of hydrogen-bond donors (Lipinski definition) is 1. The summed E-state index contributed by atoms with van der Waals surface area (Å²) in [5.74, 6) is 0.782. The lowest BCUT2D eigenvalue weighted by Gasteiger charge is -2.20. The summed E-state index contributed by atoms with van der Waals surface area (Å²) >= 11 is 1.62. The lowest BCUT2D eigenvalue weighted by molar-refractivity contribution is 0.0649. The third kappa shape index (κ3) is 3.69. The molecule has 0 saturated heterocycles. The average Bonchev–Trinajstić information content (AvgIpc) is 3.13. The Morgan fingerprint density at radius 2 is 2.30 bits per heavy atom. The Kier molecular flexibility index (Phi) is 5.34. The summed E-state index contributed by atoms with van der Waals surface area (Å²) in [6.45, 7) is 1.85. The molecule has 2 N–H and O–H groups in total. The maximum atomic E-state index is 12.4. The fourth-order valence-corrected chi connectivity index (χ4v) is 2.52. The van der Waals surface area contributed by atoms with Crippen LogP contribution in [-0.2, 0) is 17.8 Å². The number of nitrogens with zero attached hydrogens (tertiary/aromatic N) is 1. The molecule has 0 radical (unpaired) electrons. The topological polar surface area (TPSA) is 68.7 Å². The number of furan rings is 1. The van der Waals surface area contributed by atoms with Crippen molar-refractivity contribution in [2.45, 2.75) is 13.1 Å². The van der Waals surface area contributed by atoms with Gasteiger partial charge in [-0.15, -0.1) is 11.3 Å². The smallest absolute Gasteiger partial charge is 0.289 e. The van der Waals surface area contributed by atoms with Crippen LogP contribution < -0.4 is 5.73 Å². The van der Waals surface area contributed by atoms with Crippen LogP contribution in [0.25, 0.3) is 0 Å². The third-order valence-corrected chi connectivity index (χ3v) is 3.71. The Morgan fingerprint density at radius 1 is 1.45 bits per heavy atom. The second-order valence-corrected chi connectivity index (χ2v) is 5.30. The van der Waals surface area contributed by atoms with E-state index < -0.39 is 0 Å². The van der Waals surface area contributed by atoms with Crippen LogP contribution in [0.3, 0.4) is 0 Å². The highest BCUT2D eigenvalue weighted by Gasteiger charge is 2.19. The van der Waals surface area contributed by atoms with E-state index in [0.717, 1.165) is 4.88 Å². The second-order valence-electron chi connectivity index (χ2n) is 4.27. The normalized spacial score (nSPS) is 10.7. The van der Waals surface area contributed by atoms with E-state index in [0.29, 0.717) is 31.2 Å². The van der Waals surface area contributed by atoms with E-state index in [4.69, 9.17) is 14.9 Å². The van der Waals surface area contributed by atoms with Crippen molar-refractivity contribution < 1.29 is 13.9 Å². The van der Waals surface area contributed by atoms with Gasteiger partial charge in [-0.2, -0.15) is 0 Å². The Bertz CT molecular complexity index is 536. The molecule has 0 aliphatic carbocycles. The highest BCUT2D eigenvalue weighted by molar-refractivity contribution is 7.09. The van der Waals surface area contributed by atoms with E-state index in [-0.39, 0.29) is 12.5 Å². The van der Waals surface area contributed by atoms with Crippen molar-refractivity contribution in [3.63, 3.8) is 0 Å². The largest absolute Gasteiger partial charge is 0.455 e. The molecule has 0 aliphatic rings. The Labute approximate surface area is 121 Å². The molecule has 2 aromatic rings. The fourth-order valence-electron chi connectivity index (χ4n) is 1.80. The van der Waals surface area contributed by atoms with Gasteiger partial charge in [0.1, 0.15) is 5.76 Å². The zero-order valence-electron chi connectivity index (χ0n) is 11.4. The average molecular weight is 294 g/mol. The zero-order valence-corrected chi connectivity index (χ0v) is 12.2. The van der Waals surface area contributed by atoms with Crippen molar-refractivity contribution in [1.82, 2.24) is 4.90 Å². The molecule has 0 aromatic carbocycles. The molecule has 2 heterocycles. The monoisotopic (exact) mass is 294 g/mol. The quantitative estimate of drug-likeness (QED) is 0.849. The molecule has 6 heteroatoms. The summed E-state index contributed by atoms with van der Waals surface area (Å²) in [6, 6.07) is 7.37. The molecule has 2 aromatic heterocycles. The minimum atomic E-state index is -0.143. The first-order chi connectivity index (χ1) is 9.74. The highest BCUT2D eigenvalue weighted by Crippen LogP contribution is 2.16. The van der Waals surface area contributed by atoms with Gasteiger partial charge in [-0.05, 0) is 23.6 Å². The standard InChI is InChI=1S/C14H18N2O3S/c1-18-7-6-16(10-12-3-2-8-20-12)14(17)13-5-4-11(9-15)19-13/h2-5,8H,6-7,9-10,15H2,1H3. The van der Waals surface area contributed by atoms with Crippen LogP contribution in [0.5, 0.6) is 0 Å². The summed E-state index contributed by atoms with van der Waals surface area (Å²) < 4.78 is 10.5. The minimum Gasteiger partial charge on any atom is -0.455 e. The Balaban J connectivity index is 2.10. The van der Waals surface area contributed by atoms with E-state index in [1.807, 2.05) is 17.5 Å². The molecule has 1 amide bonds. The molecule has 0 unspecified atom stereocenters. The van der Waals surface area contributed by atoms with Crippen LogP contribution in [0, 0.1) is 0 Å². The zero-order chi connectivity index (χ0) is 14.4. The van der Waals surface area contributed by atoms with Crippen LogP contribution in [-0.4, -0.2) is 31.1 Å². The molecule has 0 aliphatic heterocycles. The van der Waals surface area contributed by atoms with E-state index >= 15 is 0 Å². The lowest BCUT2D eigenvalue weighted by Crippen LogP contribution is -2.33. The molecule has 0 bridgehead atoms. The molecular weight excluding hydrogens is 276 g/mol. The molecule has 20 heavy (non-hydrogen) atoms. The van der Waals surface area contributed by atoms with Crippen LogP contribution in [0.2, 0.25) is 0 Å². The molecule has 0 spiro atoms. The van der Waals surface area contributed by atoms with Gasteiger partial charge in [0.2, 0.25) is 0 Å². The summed E-state index contributed by atoms with van der Waals surface area (Å²) in [6.07, 6.45) is 0. The van der Waals surface area contributed by atoms with E-state index in [1.54, 1.807) is 35.5 Å². The number of carbonyl (C=O) groups excluding carboxylic acids is 1. The number of hydrogen-bond acceptors (Lipinski definition) is 5. The van der Waals surface area contributed by atoms with Gasteiger partial charge in [-0.25, -0.2) is 0 Å². The van der Waals surface area contributed by atoms with Gasteiger partial charge >= 0.3 is 0 Å². The summed E-state index contributed by atoms with van der Waals surface area (Å²) in [7, 11) is 1.62. The number of methoxy groups -OCH3 is 1. The van der Waals surface area contributed by atoms with Crippen molar-refractivity contribution in [1.29, 1.82) is 0 Å². The number of rotatable bonds is 7. The first-order valence-corrected chi connectivity index (χ1v) is 7.22. The predicted octanol–water partition coefficient (Wildman–Crippen LogP) is 2.09. The van der Waals surface area contributed by atoms with Gasteiger partial charge in [-0.3, -0.25) is 4.79 Å². The molecular formula is C14H18N2O3S. The van der Waals surface area contributed by atoms with E-state index in [1.165, 1.54) is 0 Å². The van der Waals surface area contributed by atoms with Gasteiger partial charge in [0.05, 0.1) is 19.7 Å². The van der Waals surface area contributed by atoms with Crippen LogP contribution in [0.1, 0.15) is 21.2 Å². The molecule has 0 saturated carbocycles. The molecule has 2 rings (SSSR count). The van der Waals surface area contributed by atoms with Gasteiger partial charge in [0.15, 0.2) is 5.76 Å². The van der Waals surface area contributed by atoms with Gasteiger partial charge in [0, 0.05) is 18.5 Å². The fraction of sp³-hybridized carbons (Fsp3) is 0.357. The third-order valence-electron chi connectivity index (χ3n) is 2.85. The Hall–Kier alpha value is -1.63. The molecule has 0 atom stereocenters. The first-order valence-electron chi connectivity index (χ1n) is 6.34. The van der Waals surface area contributed by atoms with Crippen molar-refractivity contribution in [2.75, 3.05) is 20.3 Å². The van der Waals surface area contributed by atoms with Gasteiger partial charge in [-0.1, -0.05) is 6.07 Å². The maximum Gasteiger partial charge on any atom is 0.289 e. The first kappa shape index (κ1) is 14.8. The summed E-state index contributed by atoms with van der Waals surface area (Å²) in [5, 5.41) is 1.99. The van der Waals surface area contributed by atoms with Crippen molar-refractivity contribution >= 4 is 17.2 Å². The molecule has 0 fully saturated rings. The summed E-state index contributed by atoms with van der Waals surface area (Å²) in [4.78, 5) is 15.3. The molecule has 108 valence electrons. The van der Waals surface area contributed by atoms with E-state index in [2.05, 4.69) is 0 Å². The van der Waals surface area contributed by atoms with Gasteiger partial charge < -0.3 is 19.8 Å². The molecule has 5 nitrogen and oxygen atoms in total. The minimum absolute atomic E-state index is 0.143. The van der Waals surface area contributed by atoms with Gasteiger partial charge in [0.25, 0.3) is 5.91 Å². The number of carbonyl (C=O) groups is 1.